The van der Waals surface area contributed by atoms with Gasteiger partial charge in [-0.05, 0) is 81.0 Å². The molecular formula is C26H34N8. The van der Waals surface area contributed by atoms with E-state index in [9.17, 15) is 0 Å². The van der Waals surface area contributed by atoms with E-state index in [0.717, 1.165) is 31.0 Å². The van der Waals surface area contributed by atoms with E-state index < -0.39 is 0 Å². The van der Waals surface area contributed by atoms with Crippen molar-refractivity contribution < 1.29 is 0 Å². The molecule has 0 radical (unpaired) electrons. The van der Waals surface area contributed by atoms with Crippen molar-refractivity contribution >= 4 is 23.7 Å². The molecule has 3 aromatic rings. The maximum atomic E-state index is 5.83. The zero-order valence-corrected chi connectivity index (χ0v) is 19.7. The lowest BCUT2D eigenvalue weighted by atomic mass is 9.87. The molecule has 0 unspecified atom stereocenters. The van der Waals surface area contributed by atoms with E-state index in [4.69, 9.17) is 11.5 Å². The summed E-state index contributed by atoms with van der Waals surface area (Å²) < 4.78 is 1.49. The Balaban J connectivity index is 1.14. The van der Waals surface area contributed by atoms with Gasteiger partial charge in [-0.3, -0.25) is 9.88 Å². The van der Waals surface area contributed by atoms with Gasteiger partial charge in [0.15, 0.2) is 0 Å². The fourth-order valence-corrected chi connectivity index (χ4v) is 5.16. The lowest BCUT2D eigenvalue weighted by molar-refractivity contribution is 0.233. The largest absolute Gasteiger partial charge is 0.371 e. The number of nitrogen functional groups attached to an aromatic ring is 2. The molecule has 0 saturated carbocycles. The second-order valence-electron chi connectivity index (χ2n) is 9.27. The van der Waals surface area contributed by atoms with E-state index in [-0.39, 0.29) is 11.9 Å². The van der Waals surface area contributed by atoms with Gasteiger partial charge >= 0.3 is 0 Å². The molecule has 0 aliphatic carbocycles. The molecule has 4 N–H and O–H groups in total. The number of nitrogens with two attached hydrogens (primary N) is 2. The van der Waals surface area contributed by atoms with Crippen molar-refractivity contribution in [1.29, 1.82) is 0 Å². The molecule has 4 heterocycles. The SMILES string of the molecule is Nc1nc(N)n(-c2ccc(C=CCN3CCC(c4ccccc4N4CCCCC4)CC3)nc2)n1. The van der Waals surface area contributed by atoms with Crippen LogP contribution in [-0.4, -0.2) is 57.4 Å². The van der Waals surface area contributed by atoms with E-state index in [2.05, 4.69) is 61.3 Å². The average molecular weight is 459 g/mol. The zero-order valence-electron chi connectivity index (χ0n) is 19.7. The highest BCUT2D eigenvalue weighted by molar-refractivity contribution is 5.55. The zero-order chi connectivity index (χ0) is 23.3. The summed E-state index contributed by atoms with van der Waals surface area (Å²) in [5.41, 5.74) is 16.1. The molecule has 5 rings (SSSR count). The van der Waals surface area contributed by atoms with Crippen molar-refractivity contribution in [3.05, 3.63) is 59.9 Å². The summed E-state index contributed by atoms with van der Waals surface area (Å²) in [6.45, 7) is 5.60. The highest BCUT2D eigenvalue weighted by Crippen LogP contribution is 2.35. The first-order valence-corrected chi connectivity index (χ1v) is 12.3. The van der Waals surface area contributed by atoms with E-state index in [1.54, 1.807) is 11.8 Å². The Hall–Kier alpha value is -3.39. The van der Waals surface area contributed by atoms with Gasteiger partial charge in [-0.15, -0.1) is 5.10 Å². The molecule has 2 aliphatic heterocycles. The minimum atomic E-state index is 0.153. The fourth-order valence-electron chi connectivity index (χ4n) is 5.16. The Morgan fingerprint density at radius 2 is 1.74 bits per heavy atom. The Labute approximate surface area is 201 Å². The quantitative estimate of drug-likeness (QED) is 0.580. The van der Waals surface area contributed by atoms with E-state index in [1.807, 2.05) is 12.1 Å². The first kappa shape index (κ1) is 22.4. The van der Waals surface area contributed by atoms with E-state index >= 15 is 0 Å². The van der Waals surface area contributed by atoms with Crippen molar-refractivity contribution in [1.82, 2.24) is 24.6 Å². The smallest absolute Gasteiger partial charge is 0.241 e. The molecule has 2 aliphatic rings. The van der Waals surface area contributed by atoms with Crippen molar-refractivity contribution in [2.24, 2.45) is 0 Å². The standard InChI is InChI=1S/C26H34N8/c27-25-30-26(28)34(31-25)22-11-10-21(29-19-22)7-6-14-32-17-12-20(13-18-32)23-8-2-3-9-24(23)33-15-4-1-5-16-33/h2-3,6-11,19-20H,1,4-5,12-18H2,(H4,27,28,30,31). The minimum absolute atomic E-state index is 0.153. The van der Waals surface area contributed by atoms with Crippen molar-refractivity contribution in [2.45, 2.75) is 38.0 Å². The number of rotatable bonds is 6. The first-order valence-electron chi connectivity index (χ1n) is 12.3. The monoisotopic (exact) mass is 458 g/mol. The Morgan fingerprint density at radius 1 is 0.941 bits per heavy atom. The van der Waals surface area contributed by atoms with Gasteiger partial charge in [-0.1, -0.05) is 24.3 Å². The lowest BCUT2D eigenvalue weighted by Crippen LogP contribution is -2.34. The summed E-state index contributed by atoms with van der Waals surface area (Å²) in [5.74, 6) is 1.07. The van der Waals surface area contributed by atoms with Gasteiger partial charge in [-0.2, -0.15) is 9.67 Å². The highest BCUT2D eigenvalue weighted by Gasteiger charge is 2.24. The molecule has 34 heavy (non-hydrogen) atoms. The van der Waals surface area contributed by atoms with Crippen LogP contribution >= 0.6 is 0 Å². The maximum Gasteiger partial charge on any atom is 0.241 e. The number of hydrogen-bond donors (Lipinski definition) is 2. The van der Waals surface area contributed by atoms with Crippen molar-refractivity contribution in [2.75, 3.05) is 49.1 Å². The predicted molar refractivity (Wildman–Crippen MR) is 138 cm³/mol. The number of likely N-dealkylation sites (tertiary alicyclic amines) is 1. The molecule has 2 fully saturated rings. The van der Waals surface area contributed by atoms with Crippen LogP contribution in [0.4, 0.5) is 17.6 Å². The van der Waals surface area contributed by atoms with Gasteiger partial charge in [-0.25, -0.2) is 0 Å². The van der Waals surface area contributed by atoms with Crippen LogP contribution in [0.2, 0.25) is 0 Å². The third kappa shape index (κ3) is 5.07. The van der Waals surface area contributed by atoms with Crippen molar-refractivity contribution in [3.63, 3.8) is 0 Å². The number of anilines is 3. The van der Waals surface area contributed by atoms with Gasteiger partial charge in [0.2, 0.25) is 11.9 Å². The molecular weight excluding hydrogens is 424 g/mol. The summed E-state index contributed by atoms with van der Waals surface area (Å²) in [6.07, 6.45) is 12.4. The Morgan fingerprint density at radius 3 is 2.44 bits per heavy atom. The summed E-state index contributed by atoms with van der Waals surface area (Å²) in [7, 11) is 0. The number of aromatic nitrogens is 4. The lowest BCUT2D eigenvalue weighted by Gasteiger charge is -2.36. The maximum absolute atomic E-state index is 5.83. The van der Waals surface area contributed by atoms with Crippen LogP contribution in [0, 0.1) is 0 Å². The molecule has 178 valence electrons. The van der Waals surface area contributed by atoms with Crippen molar-refractivity contribution in [3.8, 4) is 5.69 Å². The topological polar surface area (TPSA) is 102 Å². The fraction of sp³-hybridized carbons (Fsp3) is 0.423. The van der Waals surface area contributed by atoms with Crippen LogP contribution in [0.3, 0.4) is 0 Å². The molecule has 0 bridgehead atoms. The summed E-state index contributed by atoms with van der Waals surface area (Å²) in [5, 5.41) is 4.08. The van der Waals surface area contributed by atoms with Gasteiger partial charge < -0.3 is 16.4 Å². The number of piperidine rings is 2. The molecule has 0 amide bonds. The third-order valence-electron chi connectivity index (χ3n) is 6.98. The summed E-state index contributed by atoms with van der Waals surface area (Å²) >= 11 is 0. The number of hydrogen-bond acceptors (Lipinski definition) is 7. The van der Waals surface area contributed by atoms with Gasteiger partial charge in [0.25, 0.3) is 0 Å². The Kier molecular flexibility index (Phi) is 6.76. The second-order valence-corrected chi connectivity index (χ2v) is 9.27. The second kappa shape index (κ2) is 10.3. The van der Waals surface area contributed by atoms with Gasteiger partial charge in [0.1, 0.15) is 0 Å². The number of nitrogens with zero attached hydrogens (tertiary/aromatic N) is 6. The molecule has 2 aromatic heterocycles. The van der Waals surface area contributed by atoms with Crippen LogP contribution in [-0.2, 0) is 0 Å². The molecule has 2 saturated heterocycles. The minimum Gasteiger partial charge on any atom is -0.371 e. The van der Waals surface area contributed by atoms with Gasteiger partial charge in [0.05, 0.1) is 17.6 Å². The predicted octanol–water partition coefficient (Wildman–Crippen LogP) is 3.71. The number of benzene rings is 1. The molecule has 1 aromatic carbocycles. The normalized spacial score (nSPS) is 18.1. The molecule has 0 atom stereocenters. The van der Waals surface area contributed by atoms with Crippen LogP contribution in [0.5, 0.6) is 0 Å². The highest BCUT2D eigenvalue weighted by atomic mass is 15.4. The van der Waals surface area contributed by atoms with Crippen LogP contribution in [0.1, 0.15) is 49.3 Å². The number of pyridine rings is 1. The Bertz CT molecular complexity index is 1110. The third-order valence-corrected chi connectivity index (χ3v) is 6.98. The van der Waals surface area contributed by atoms with Crippen LogP contribution in [0.25, 0.3) is 11.8 Å². The molecule has 0 spiro atoms. The van der Waals surface area contributed by atoms with E-state index in [1.165, 1.54) is 55.6 Å². The summed E-state index contributed by atoms with van der Waals surface area (Å²) in [4.78, 5) is 13.6. The molecule has 8 nitrogen and oxygen atoms in total. The first-order chi connectivity index (χ1) is 16.7. The number of para-hydroxylation sites is 1. The van der Waals surface area contributed by atoms with Crippen LogP contribution < -0.4 is 16.4 Å². The van der Waals surface area contributed by atoms with Crippen LogP contribution in [0.15, 0.2) is 48.7 Å². The average Bonchev–Trinajstić information content (AvgIpc) is 3.23. The summed E-state index contributed by atoms with van der Waals surface area (Å²) in [6, 6.07) is 13.0. The van der Waals surface area contributed by atoms with Gasteiger partial charge in [0, 0.05) is 25.3 Å². The van der Waals surface area contributed by atoms with E-state index in [0.29, 0.717) is 5.92 Å². The molecule has 8 heteroatoms.